The van der Waals surface area contributed by atoms with Crippen LogP contribution in [0.2, 0.25) is 0 Å². The minimum Gasteiger partial charge on any atom is -0.381 e. The van der Waals surface area contributed by atoms with Crippen LogP contribution < -0.4 is 15.2 Å². The predicted octanol–water partition coefficient (Wildman–Crippen LogP) is -1.30. The summed E-state index contributed by atoms with van der Waals surface area (Å²) in [5, 5.41) is 3.86. The first kappa shape index (κ1) is 16.9. The lowest BCUT2D eigenvalue weighted by atomic mass is 10.4. The van der Waals surface area contributed by atoms with Gasteiger partial charge in [0.15, 0.2) is 5.82 Å². The summed E-state index contributed by atoms with van der Waals surface area (Å²) in [5.74, 6) is -0.0615. The Morgan fingerprint density at radius 1 is 1.25 bits per heavy atom. The van der Waals surface area contributed by atoms with Gasteiger partial charge in [-0.15, -0.1) is 0 Å². The predicted molar refractivity (Wildman–Crippen MR) is 75.0 cm³/mol. The summed E-state index contributed by atoms with van der Waals surface area (Å²) in [6, 6.07) is 0. The van der Waals surface area contributed by atoms with Gasteiger partial charge in [-0.25, -0.2) is 26.3 Å². The number of nitrogens with zero attached hydrogens (tertiary/aromatic N) is 2. The first-order valence-electron chi connectivity index (χ1n) is 5.93. The van der Waals surface area contributed by atoms with Crippen LogP contribution in [-0.4, -0.2) is 46.0 Å². The number of hydrogen-bond acceptors (Lipinski definition) is 6. The molecule has 0 aliphatic rings. The molecule has 0 spiro atoms. The maximum atomic E-state index is 12.0. The van der Waals surface area contributed by atoms with E-state index >= 15 is 0 Å². The summed E-state index contributed by atoms with van der Waals surface area (Å²) in [4.78, 5) is -0.0737. The highest BCUT2D eigenvalue weighted by Gasteiger charge is 2.20. The normalized spacial score (nSPS) is 12.7. The average molecular weight is 325 g/mol. The monoisotopic (exact) mass is 325 g/mol. The van der Waals surface area contributed by atoms with Crippen molar-refractivity contribution in [3.05, 3.63) is 6.20 Å². The van der Waals surface area contributed by atoms with Gasteiger partial charge in [-0.3, -0.25) is 4.68 Å². The van der Waals surface area contributed by atoms with Crippen molar-refractivity contribution < 1.29 is 16.8 Å². The highest BCUT2D eigenvalue weighted by Crippen LogP contribution is 2.15. The third-order valence-corrected chi connectivity index (χ3v) is 4.58. The van der Waals surface area contributed by atoms with Crippen molar-refractivity contribution in [2.75, 3.05) is 25.1 Å². The van der Waals surface area contributed by atoms with Gasteiger partial charge in [-0.2, -0.15) is 5.10 Å². The number of nitrogens with two attached hydrogens (primary N) is 1. The van der Waals surface area contributed by atoms with Crippen LogP contribution in [0.5, 0.6) is 0 Å². The van der Waals surface area contributed by atoms with Crippen molar-refractivity contribution in [3.8, 4) is 0 Å². The summed E-state index contributed by atoms with van der Waals surface area (Å²) >= 11 is 0. The van der Waals surface area contributed by atoms with Crippen LogP contribution in [0, 0.1) is 0 Å². The molecule has 0 amide bonds. The van der Waals surface area contributed by atoms with E-state index in [0.29, 0.717) is 13.0 Å². The van der Waals surface area contributed by atoms with Crippen LogP contribution in [0.3, 0.4) is 0 Å². The summed E-state index contributed by atoms with van der Waals surface area (Å²) in [6.45, 7) is 2.58. The van der Waals surface area contributed by atoms with Crippen LogP contribution >= 0.6 is 0 Å². The summed E-state index contributed by atoms with van der Waals surface area (Å²) < 4.78 is 51.6. The minimum absolute atomic E-state index is 0.0615. The molecular formula is C9H19N5O4S2. The van der Waals surface area contributed by atoms with Crippen LogP contribution in [0.15, 0.2) is 11.1 Å². The Kier molecular flexibility index (Phi) is 5.50. The highest BCUT2D eigenvalue weighted by atomic mass is 32.2. The molecule has 0 aliphatic heterocycles. The number of aryl methyl sites for hydroxylation is 1. The smallest absolute Gasteiger partial charge is 0.245 e. The Balaban J connectivity index is 2.55. The zero-order valence-corrected chi connectivity index (χ0v) is 13.0. The number of hydrogen-bond donors (Lipinski definition) is 3. The molecule has 0 atom stereocenters. The molecule has 0 aliphatic carbocycles. The highest BCUT2D eigenvalue weighted by molar-refractivity contribution is 7.89. The number of sulfonamides is 2. The third-order valence-electron chi connectivity index (χ3n) is 2.38. The fourth-order valence-electron chi connectivity index (χ4n) is 1.42. The third kappa shape index (κ3) is 5.07. The largest absolute Gasteiger partial charge is 0.381 e. The standard InChI is InChI=1S/C9H19N5O4S2/c1-3-14-7-8(9(10)13-14)20(17,18)12-6-4-5-11-19(2,15)16/h7,11-12H,3-6H2,1-2H3,(H2,10,13). The van der Waals surface area contributed by atoms with Crippen LogP contribution in [-0.2, 0) is 26.6 Å². The van der Waals surface area contributed by atoms with Crippen LogP contribution in [0.4, 0.5) is 5.82 Å². The van der Waals surface area contributed by atoms with Crippen molar-refractivity contribution >= 4 is 25.9 Å². The van der Waals surface area contributed by atoms with Gasteiger partial charge in [0.2, 0.25) is 20.0 Å². The van der Waals surface area contributed by atoms with Crippen molar-refractivity contribution in [1.29, 1.82) is 0 Å². The number of anilines is 1. The number of aromatic nitrogens is 2. The molecule has 116 valence electrons. The van der Waals surface area contributed by atoms with Crippen molar-refractivity contribution in [2.45, 2.75) is 24.8 Å². The zero-order valence-electron chi connectivity index (χ0n) is 11.3. The lowest BCUT2D eigenvalue weighted by molar-refractivity contribution is 0.574. The molecular weight excluding hydrogens is 306 g/mol. The Hall–Kier alpha value is -1.17. The Bertz CT molecular complexity index is 650. The lowest BCUT2D eigenvalue weighted by Crippen LogP contribution is -2.29. The SMILES string of the molecule is CCn1cc(S(=O)(=O)NCCCNS(C)(=O)=O)c(N)n1. The minimum atomic E-state index is -3.73. The second kappa shape index (κ2) is 6.52. The second-order valence-corrected chi connectivity index (χ2v) is 7.72. The maximum absolute atomic E-state index is 12.0. The summed E-state index contributed by atoms with van der Waals surface area (Å²) in [5.41, 5.74) is 5.55. The van der Waals surface area contributed by atoms with Crippen LogP contribution in [0.1, 0.15) is 13.3 Å². The van der Waals surface area contributed by atoms with Gasteiger partial charge in [0.25, 0.3) is 0 Å². The molecule has 0 aromatic carbocycles. The molecule has 1 aromatic heterocycles. The fraction of sp³-hybridized carbons (Fsp3) is 0.667. The molecule has 4 N–H and O–H groups in total. The number of nitrogens with one attached hydrogen (secondary N) is 2. The second-order valence-electron chi connectivity index (χ2n) is 4.15. The summed E-state index contributed by atoms with van der Waals surface area (Å²) in [7, 11) is -6.99. The Labute approximate surface area is 118 Å². The van der Waals surface area contributed by atoms with Crippen molar-refractivity contribution in [1.82, 2.24) is 19.2 Å². The number of nitrogen functional groups attached to an aromatic ring is 1. The Morgan fingerprint density at radius 3 is 2.35 bits per heavy atom. The van der Waals surface area contributed by atoms with Gasteiger partial charge >= 0.3 is 0 Å². The molecule has 20 heavy (non-hydrogen) atoms. The lowest BCUT2D eigenvalue weighted by Gasteiger charge is -2.05. The molecule has 0 saturated heterocycles. The molecule has 0 bridgehead atoms. The molecule has 0 unspecified atom stereocenters. The van der Waals surface area contributed by atoms with Gasteiger partial charge < -0.3 is 5.73 Å². The first-order chi connectivity index (χ1) is 9.15. The molecule has 0 radical (unpaired) electrons. The van der Waals surface area contributed by atoms with E-state index < -0.39 is 20.0 Å². The van der Waals surface area contributed by atoms with Gasteiger partial charge in [-0.05, 0) is 13.3 Å². The van der Waals surface area contributed by atoms with Crippen molar-refractivity contribution in [3.63, 3.8) is 0 Å². The number of rotatable bonds is 8. The average Bonchev–Trinajstić information content (AvgIpc) is 2.69. The molecule has 1 aromatic rings. The fourth-order valence-corrected chi connectivity index (χ4v) is 3.08. The van der Waals surface area contributed by atoms with E-state index in [1.54, 1.807) is 0 Å². The van der Waals surface area contributed by atoms with Gasteiger partial charge in [0.05, 0.1) is 6.26 Å². The van der Waals surface area contributed by atoms with Gasteiger partial charge in [0.1, 0.15) is 4.90 Å². The van der Waals surface area contributed by atoms with Gasteiger partial charge in [0, 0.05) is 25.8 Å². The Morgan fingerprint density at radius 2 is 1.85 bits per heavy atom. The molecule has 1 rings (SSSR count). The molecule has 0 fully saturated rings. The van der Waals surface area contributed by atoms with Crippen LogP contribution in [0.25, 0.3) is 0 Å². The maximum Gasteiger partial charge on any atom is 0.245 e. The first-order valence-corrected chi connectivity index (χ1v) is 9.30. The zero-order chi connectivity index (χ0) is 15.4. The topological polar surface area (TPSA) is 136 Å². The van der Waals surface area contributed by atoms with E-state index in [2.05, 4.69) is 14.5 Å². The van der Waals surface area contributed by atoms with E-state index in [0.717, 1.165) is 6.26 Å². The van der Waals surface area contributed by atoms with E-state index in [4.69, 9.17) is 5.73 Å². The van der Waals surface area contributed by atoms with E-state index in [1.807, 2.05) is 6.92 Å². The molecule has 11 heteroatoms. The van der Waals surface area contributed by atoms with Gasteiger partial charge in [-0.1, -0.05) is 0 Å². The molecule has 9 nitrogen and oxygen atoms in total. The molecule has 0 saturated carbocycles. The quantitative estimate of drug-likeness (QED) is 0.508. The molecule has 1 heterocycles. The van der Waals surface area contributed by atoms with Crippen molar-refractivity contribution in [2.24, 2.45) is 0 Å². The van der Waals surface area contributed by atoms with E-state index in [9.17, 15) is 16.8 Å². The van der Waals surface area contributed by atoms with E-state index in [-0.39, 0.29) is 23.8 Å². The van der Waals surface area contributed by atoms with E-state index in [1.165, 1.54) is 10.9 Å². The summed E-state index contributed by atoms with van der Waals surface area (Å²) in [6.07, 6.45) is 2.72.